The number of aromatic nitrogens is 3. The predicted molar refractivity (Wildman–Crippen MR) is 165 cm³/mol. The number of hydrogen-bond acceptors (Lipinski definition) is 3. The number of nitrogens with zero attached hydrogens (tertiary/aromatic N) is 2. The Bertz CT molecular complexity index is 1880. The number of ether oxygens (including phenoxy) is 1. The lowest BCUT2D eigenvalue weighted by Crippen LogP contribution is -2.29. The Hall–Kier alpha value is -4.42. The molecule has 6 aromatic rings. The fraction of sp³-hybridized carbons (Fsp3) is 0.229. The second-order valence-corrected chi connectivity index (χ2v) is 11.2. The molecule has 0 radical (unpaired) electrons. The third-order valence-corrected chi connectivity index (χ3v) is 8.23. The highest BCUT2D eigenvalue weighted by molar-refractivity contribution is 6.02. The first-order chi connectivity index (χ1) is 20.0. The quantitative estimate of drug-likeness (QED) is 0.221. The first-order valence-corrected chi connectivity index (χ1v) is 14.3. The summed E-state index contributed by atoms with van der Waals surface area (Å²) in [6, 6.07) is 26.4. The molecule has 0 bridgehead atoms. The number of fused-ring (bicyclic) bond motifs is 2. The van der Waals surface area contributed by atoms with Gasteiger partial charge >= 0.3 is 0 Å². The lowest BCUT2D eigenvalue weighted by molar-refractivity contribution is 0.221. The van der Waals surface area contributed by atoms with Crippen LogP contribution in [0.15, 0.2) is 78.9 Å². The van der Waals surface area contributed by atoms with Crippen molar-refractivity contribution in [2.45, 2.75) is 32.7 Å². The number of nitrogens with one attached hydrogen (secondary N) is 2. The monoisotopic (exact) mass is 544 g/mol. The van der Waals surface area contributed by atoms with E-state index in [-0.39, 0.29) is 5.82 Å². The van der Waals surface area contributed by atoms with Gasteiger partial charge in [0.2, 0.25) is 0 Å². The molecule has 41 heavy (non-hydrogen) atoms. The van der Waals surface area contributed by atoms with Crippen LogP contribution in [0.1, 0.15) is 30.4 Å². The molecule has 7 rings (SSSR count). The van der Waals surface area contributed by atoms with E-state index in [0.29, 0.717) is 5.75 Å². The average Bonchev–Trinajstić information content (AvgIpc) is 3.61. The van der Waals surface area contributed by atoms with E-state index in [4.69, 9.17) is 9.84 Å². The van der Waals surface area contributed by atoms with Gasteiger partial charge in [-0.3, -0.25) is 10.00 Å². The number of aryl methyl sites for hydroxylation is 1. The summed E-state index contributed by atoms with van der Waals surface area (Å²) in [5.41, 5.74) is 10.5. The maximum absolute atomic E-state index is 14.3. The second-order valence-electron chi connectivity index (χ2n) is 11.2. The molecule has 0 saturated carbocycles. The summed E-state index contributed by atoms with van der Waals surface area (Å²) in [6.07, 6.45) is 3.94. The second kappa shape index (κ2) is 10.5. The molecule has 3 heterocycles. The molecule has 0 spiro atoms. The topological polar surface area (TPSA) is 56.9 Å². The molecule has 1 fully saturated rings. The van der Waals surface area contributed by atoms with Crippen LogP contribution >= 0.6 is 0 Å². The molecule has 4 aromatic carbocycles. The average molecular weight is 545 g/mol. The van der Waals surface area contributed by atoms with Crippen LogP contribution in [0.5, 0.6) is 5.75 Å². The zero-order valence-electron chi connectivity index (χ0n) is 23.4. The molecule has 0 aliphatic carbocycles. The maximum atomic E-state index is 14.3. The van der Waals surface area contributed by atoms with Crippen LogP contribution in [-0.4, -0.2) is 40.3 Å². The first kappa shape index (κ1) is 25.5. The van der Waals surface area contributed by atoms with E-state index >= 15 is 0 Å². The van der Waals surface area contributed by atoms with Gasteiger partial charge in [0.15, 0.2) is 0 Å². The fourth-order valence-corrected chi connectivity index (χ4v) is 6.27. The van der Waals surface area contributed by atoms with Crippen LogP contribution in [0.3, 0.4) is 0 Å². The van der Waals surface area contributed by atoms with E-state index in [1.165, 1.54) is 60.7 Å². The zero-order chi connectivity index (χ0) is 27.9. The Morgan fingerprint density at radius 2 is 1.71 bits per heavy atom. The molecular formula is C35H33FN4O. The Morgan fingerprint density at radius 1 is 0.829 bits per heavy atom. The van der Waals surface area contributed by atoms with Gasteiger partial charge in [-0.25, -0.2) is 4.39 Å². The van der Waals surface area contributed by atoms with Crippen LogP contribution in [0.2, 0.25) is 0 Å². The minimum Gasteiger partial charge on any atom is -0.497 e. The van der Waals surface area contributed by atoms with Crippen molar-refractivity contribution >= 4 is 21.8 Å². The Balaban J connectivity index is 1.27. The molecule has 0 atom stereocenters. The number of benzene rings is 4. The first-order valence-electron chi connectivity index (χ1n) is 14.3. The molecule has 1 aliphatic heterocycles. The number of halogens is 1. The van der Waals surface area contributed by atoms with E-state index < -0.39 is 0 Å². The van der Waals surface area contributed by atoms with Crippen molar-refractivity contribution in [2.24, 2.45) is 0 Å². The number of hydrogen-bond donors (Lipinski definition) is 2. The third-order valence-electron chi connectivity index (χ3n) is 8.23. The van der Waals surface area contributed by atoms with Crippen molar-refractivity contribution in [3.05, 3.63) is 95.8 Å². The SMILES string of the molecule is COc1cc(F)cc(-c2cccc3[nH]c(-c4n[nH]c5ccc(-c6cc(C)cc(CN7CCCCC7)c6)cc45)cc23)c1. The Morgan fingerprint density at radius 3 is 2.56 bits per heavy atom. The summed E-state index contributed by atoms with van der Waals surface area (Å²) in [4.78, 5) is 6.13. The van der Waals surface area contributed by atoms with E-state index in [9.17, 15) is 4.39 Å². The van der Waals surface area contributed by atoms with Crippen LogP contribution < -0.4 is 4.74 Å². The molecule has 6 heteroatoms. The number of H-pyrrole nitrogens is 2. The third kappa shape index (κ3) is 5.00. The minimum absolute atomic E-state index is 0.326. The maximum Gasteiger partial charge on any atom is 0.127 e. The van der Waals surface area contributed by atoms with Crippen LogP contribution in [0, 0.1) is 12.7 Å². The van der Waals surface area contributed by atoms with Gasteiger partial charge < -0.3 is 9.72 Å². The molecule has 2 aromatic heterocycles. The zero-order valence-corrected chi connectivity index (χ0v) is 23.4. The van der Waals surface area contributed by atoms with Crippen molar-refractivity contribution < 1.29 is 9.13 Å². The summed E-state index contributed by atoms with van der Waals surface area (Å²) in [5.74, 6) is 0.169. The predicted octanol–water partition coefficient (Wildman–Crippen LogP) is 8.49. The summed E-state index contributed by atoms with van der Waals surface area (Å²) < 4.78 is 19.7. The minimum atomic E-state index is -0.326. The molecule has 1 aliphatic rings. The van der Waals surface area contributed by atoms with Gasteiger partial charge in [0, 0.05) is 28.9 Å². The van der Waals surface area contributed by atoms with E-state index in [0.717, 1.165) is 50.9 Å². The number of aromatic amines is 2. The normalized spacial score (nSPS) is 14.2. The molecule has 0 unspecified atom stereocenters. The smallest absolute Gasteiger partial charge is 0.127 e. The summed E-state index contributed by atoms with van der Waals surface area (Å²) in [6.45, 7) is 5.56. The van der Waals surface area contributed by atoms with E-state index in [1.54, 1.807) is 13.2 Å². The Labute approximate surface area is 239 Å². The highest BCUT2D eigenvalue weighted by Crippen LogP contribution is 2.36. The number of rotatable bonds is 6. The van der Waals surface area contributed by atoms with Gasteiger partial charge in [-0.2, -0.15) is 5.10 Å². The highest BCUT2D eigenvalue weighted by atomic mass is 19.1. The summed E-state index contributed by atoms with van der Waals surface area (Å²) in [5, 5.41) is 9.98. The lowest BCUT2D eigenvalue weighted by atomic mass is 9.98. The van der Waals surface area contributed by atoms with Crippen molar-refractivity contribution in [1.82, 2.24) is 20.1 Å². The van der Waals surface area contributed by atoms with Gasteiger partial charge in [0.05, 0.1) is 18.3 Å². The van der Waals surface area contributed by atoms with Crippen molar-refractivity contribution in [3.63, 3.8) is 0 Å². The van der Waals surface area contributed by atoms with Crippen LogP contribution in [-0.2, 0) is 6.54 Å². The largest absolute Gasteiger partial charge is 0.497 e. The summed E-state index contributed by atoms with van der Waals surface area (Å²) in [7, 11) is 1.55. The summed E-state index contributed by atoms with van der Waals surface area (Å²) >= 11 is 0. The molecule has 2 N–H and O–H groups in total. The van der Waals surface area contributed by atoms with Crippen molar-refractivity contribution in [2.75, 3.05) is 20.2 Å². The van der Waals surface area contributed by atoms with Crippen LogP contribution in [0.25, 0.3) is 55.4 Å². The van der Waals surface area contributed by atoms with Crippen LogP contribution in [0.4, 0.5) is 4.39 Å². The fourth-order valence-electron chi connectivity index (χ4n) is 6.27. The van der Waals surface area contributed by atoms with Gasteiger partial charge in [-0.15, -0.1) is 0 Å². The van der Waals surface area contributed by atoms with Crippen molar-refractivity contribution in [3.8, 4) is 39.4 Å². The molecule has 5 nitrogen and oxygen atoms in total. The number of likely N-dealkylation sites (tertiary alicyclic amines) is 1. The Kier molecular flexibility index (Phi) is 6.56. The number of methoxy groups -OCH3 is 1. The van der Waals surface area contributed by atoms with E-state index in [2.05, 4.69) is 64.4 Å². The molecule has 0 amide bonds. The van der Waals surface area contributed by atoms with Gasteiger partial charge in [-0.05, 0) is 103 Å². The van der Waals surface area contributed by atoms with E-state index in [1.807, 2.05) is 24.3 Å². The van der Waals surface area contributed by atoms with Gasteiger partial charge in [0.25, 0.3) is 0 Å². The lowest BCUT2D eigenvalue weighted by Gasteiger charge is -2.26. The number of piperidine rings is 1. The molecule has 206 valence electrons. The molecule has 1 saturated heterocycles. The standard InChI is InChI=1S/C35H33FN4O/c1-22-13-23(21-40-11-4-3-5-12-40)15-25(14-22)24-9-10-33-31(18-24)35(39-38-33)34-20-30-29(7-6-8-32(30)37-34)26-16-27(36)19-28(17-26)41-2/h6-10,13-20,37H,3-5,11-12,21H2,1-2H3,(H,38,39). The molecular weight excluding hydrogens is 511 g/mol. The van der Waals surface area contributed by atoms with Gasteiger partial charge in [0.1, 0.15) is 17.3 Å². The van der Waals surface area contributed by atoms with Crippen molar-refractivity contribution in [1.29, 1.82) is 0 Å². The highest BCUT2D eigenvalue weighted by Gasteiger charge is 2.16. The van der Waals surface area contributed by atoms with Gasteiger partial charge in [-0.1, -0.05) is 42.3 Å².